The molecule has 0 fully saturated rings. The molecule has 1 amide bonds. The van der Waals surface area contributed by atoms with Crippen LogP contribution in [0, 0.1) is 0 Å². The van der Waals surface area contributed by atoms with Gasteiger partial charge in [0.2, 0.25) is 5.91 Å². The number of hydrogen-bond donors (Lipinski definition) is 3. The molecule has 0 aromatic heterocycles. The summed E-state index contributed by atoms with van der Waals surface area (Å²) in [5, 5.41) is 2.79. The Hall–Kier alpha value is -0.700. The summed E-state index contributed by atoms with van der Waals surface area (Å²) >= 11 is 0. The van der Waals surface area contributed by atoms with Gasteiger partial charge in [-0.3, -0.25) is 13.5 Å². The predicted molar refractivity (Wildman–Crippen MR) is 92.2 cm³/mol. The molecule has 0 aliphatic carbocycles. The van der Waals surface area contributed by atoms with E-state index in [0.29, 0.717) is 6.42 Å². The lowest BCUT2D eigenvalue weighted by Crippen LogP contribution is -2.40. The SMILES string of the molecule is CCCCCCCCCCC(=O)NC(N)CC.COS(=O)(=O)O. The first-order valence-corrected chi connectivity index (χ1v) is 9.71. The highest BCUT2D eigenvalue weighted by Crippen LogP contribution is 2.09. The zero-order chi connectivity index (χ0) is 18.1. The van der Waals surface area contributed by atoms with Gasteiger partial charge in [0.05, 0.1) is 13.3 Å². The van der Waals surface area contributed by atoms with Crippen LogP contribution in [0.4, 0.5) is 0 Å². The molecule has 7 nitrogen and oxygen atoms in total. The lowest BCUT2D eigenvalue weighted by Gasteiger charge is -2.10. The van der Waals surface area contributed by atoms with Crippen LogP contribution in [0.2, 0.25) is 0 Å². The molecule has 0 heterocycles. The quantitative estimate of drug-likeness (QED) is 0.282. The molecule has 0 saturated heterocycles. The Morgan fingerprint density at radius 3 is 1.91 bits per heavy atom. The summed E-state index contributed by atoms with van der Waals surface area (Å²) in [6.45, 7) is 4.21. The first-order valence-electron chi connectivity index (χ1n) is 8.34. The fourth-order valence-electron chi connectivity index (χ4n) is 1.80. The van der Waals surface area contributed by atoms with Crippen LogP contribution >= 0.6 is 0 Å². The molecular weight excluding hydrogens is 320 g/mol. The largest absolute Gasteiger partial charge is 0.397 e. The molecule has 1 unspecified atom stereocenters. The summed E-state index contributed by atoms with van der Waals surface area (Å²) < 4.78 is 29.7. The van der Waals surface area contributed by atoms with Crippen LogP contribution in [-0.4, -0.2) is 32.2 Å². The Balaban J connectivity index is 0. The van der Waals surface area contributed by atoms with Gasteiger partial charge < -0.3 is 11.1 Å². The summed E-state index contributed by atoms with van der Waals surface area (Å²) in [6, 6.07) is 0. The minimum atomic E-state index is -4.16. The number of rotatable bonds is 12. The zero-order valence-corrected chi connectivity index (χ0v) is 15.5. The van der Waals surface area contributed by atoms with Gasteiger partial charge in [-0.15, -0.1) is 0 Å². The molecule has 8 heteroatoms. The third kappa shape index (κ3) is 23.7. The highest BCUT2D eigenvalue weighted by molar-refractivity contribution is 7.80. The Kier molecular flexibility index (Phi) is 17.3. The first-order chi connectivity index (χ1) is 10.8. The van der Waals surface area contributed by atoms with Crippen LogP contribution in [0.5, 0.6) is 0 Å². The molecule has 140 valence electrons. The fraction of sp³-hybridized carbons (Fsp3) is 0.933. The van der Waals surface area contributed by atoms with E-state index < -0.39 is 10.4 Å². The maximum atomic E-state index is 11.4. The molecular formula is C15H34N2O5S. The molecule has 0 aliphatic heterocycles. The lowest BCUT2D eigenvalue weighted by molar-refractivity contribution is -0.121. The third-order valence-corrected chi connectivity index (χ3v) is 3.68. The molecule has 0 aromatic carbocycles. The van der Waals surface area contributed by atoms with Crippen molar-refractivity contribution in [1.29, 1.82) is 0 Å². The smallest absolute Gasteiger partial charge is 0.341 e. The number of carbonyl (C=O) groups is 1. The van der Waals surface area contributed by atoms with E-state index in [0.717, 1.165) is 20.0 Å². The van der Waals surface area contributed by atoms with Crippen molar-refractivity contribution in [3.8, 4) is 0 Å². The number of unbranched alkanes of at least 4 members (excludes halogenated alkanes) is 7. The average molecular weight is 355 g/mol. The summed E-state index contributed by atoms with van der Waals surface area (Å²) in [5.41, 5.74) is 5.64. The highest BCUT2D eigenvalue weighted by Gasteiger charge is 2.04. The normalized spacial score (nSPS) is 12.2. The molecule has 0 bridgehead atoms. The van der Waals surface area contributed by atoms with Crippen molar-refractivity contribution in [3.05, 3.63) is 0 Å². The van der Waals surface area contributed by atoms with Crippen LogP contribution in [0.25, 0.3) is 0 Å². The van der Waals surface area contributed by atoms with E-state index in [1.54, 1.807) is 0 Å². The third-order valence-electron chi connectivity index (χ3n) is 3.25. The van der Waals surface area contributed by atoms with Gasteiger partial charge in [0.25, 0.3) is 0 Å². The van der Waals surface area contributed by atoms with Crippen molar-refractivity contribution < 1.29 is 21.9 Å². The van der Waals surface area contributed by atoms with Crippen LogP contribution in [0.1, 0.15) is 78.1 Å². The van der Waals surface area contributed by atoms with Gasteiger partial charge in [-0.2, -0.15) is 8.42 Å². The first kappa shape index (κ1) is 24.6. The van der Waals surface area contributed by atoms with Crippen LogP contribution in [0.3, 0.4) is 0 Å². The fourth-order valence-corrected chi connectivity index (χ4v) is 1.80. The van der Waals surface area contributed by atoms with E-state index in [4.69, 9.17) is 10.3 Å². The molecule has 0 rings (SSSR count). The Morgan fingerprint density at radius 1 is 1.09 bits per heavy atom. The van der Waals surface area contributed by atoms with Gasteiger partial charge in [-0.05, 0) is 12.8 Å². The Labute approximate surface area is 141 Å². The zero-order valence-electron chi connectivity index (χ0n) is 14.7. The molecule has 0 aliphatic rings. The second kappa shape index (κ2) is 16.2. The van der Waals surface area contributed by atoms with Crippen LogP contribution in [0.15, 0.2) is 0 Å². The van der Waals surface area contributed by atoms with Crippen molar-refractivity contribution in [1.82, 2.24) is 5.32 Å². The number of hydrogen-bond acceptors (Lipinski definition) is 5. The molecule has 0 radical (unpaired) electrons. The monoisotopic (exact) mass is 354 g/mol. The topological polar surface area (TPSA) is 119 Å². The Bertz CT molecular complexity index is 374. The van der Waals surface area contributed by atoms with E-state index in [1.165, 1.54) is 44.9 Å². The van der Waals surface area contributed by atoms with Crippen LogP contribution < -0.4 is 11.1 Å². The number of carbonyl (C=O) groups excluding carboxylic acids is 1. The van der Waals surface area contributed by atoms with Gasteiger partial charge in [0.1, 0.15) is 0 Å². The van der Waals surface area contributed by atoms with Crippen molar-refractivity contribution >= 4 is 16.3 Å². The maximum absolute atomic E-state index is 11.4. The van der Waals surface area contributed by atoms with Gasteiger partial charge >= 0.3 is 10.4 Å². The van der Waals surface area contributed by atoms with Gasteiger partial charge in [0.15, 0.2) is 0 Å². The van der Waals surface area contributed by atoms with Gasteiger partial charge in [0, 0.05) is 6.42 Å². The van der Waals surface area contributed by atoms with E-state index in [9.17, 15) is 13.2 Å². The summed E-state index contributed by atoms with van der Waals surface area (Å²) in [4.78, 5) is 11.4. The number of amides is 1. The van der Waals surface area contributed by atoms with E-state index in [2.05, 4.69) is 16.4 Å². The van der Waals surface area contributed by atoms with E-state index in [1.807, 2.05) is 6.92 Å². The van der Waals surface area contributed by atoms with Crippen LogP contribution in [-0.2, 0) is 19.4 Å². The molecule has 0 saturated carbocycles. The highest BCUT2D eigenvalue weighted by atomic mass is 32.3. The van der Waals surface area contributed by atoms with E-state index >= 15 is 0 Å². The van der Waals surface area contributed by atoms with Crippen molar-refractivity contribution in [2.75, 3.05) is 7.11 Å². The van der Waals surface area contributed by atoms with Crippen molar-refractivity contribution in [2.45, 2.75) is 84.2 Å². The average Bonchev–Trinajstić information content (AvgIpc) is 2.49. The summed E-state index contributed by atoms with van der Waals surface area (Å²) in [6.07, 6.45) is 11.4. The standard InChI is InChI=1S/C14H30N2O.CH4O4S/c1-3-5-6-7-8-9-10-11-12-14(17)16-13(15)4-2;1-5-6(2,3)4/h13H,3-12,15H2,1-2H3,(H,16,17);1H3,(H,2,3,4). The summed E-state index contributed by atoms with van der Waals surface area (Å²) in [5.74, 6) is 0.102. The van der Waals surface area contributed by atoms with Gasteiger partial charge in [-0.1, -0.05) is 58.8 Å². The Morgan fingerprint density at radius 2 is 1.52 bits per heavy atom. The van der Waals surface area contributed by atoms with Crippen molar-refractivity contribution in [2.24, 2.45) is 5.73 Å². The van der Waals surface area contributed by atoms with Gasteiger partial charge in [-0.25, -0.2) is 0 Å². The lowest BCUT2D eigenvalue weighted by atomic mass is 10.1. The predicted octanol–water partition coefficient (Wildman–Crippen LogP) is 2.76. The second-order valence-electron chi connectivity index (χ2n) is 5.40. The maximum Gasteiger partial charge on any atom is 0.397 e. The molecule has 0 spiro atoms. The molecule has 4 N–H and O–H groups in total. The number of nitrogens with one attached hydrogen (secondary N) is 1. The molecule has 23 heavy (non-hydrogen) atoms. The molecule has 1 atom stereocenters. The minimum Gasteiger partial charge on any atom is -0.341 e. The summed E-state index contributed by atoms with van der Waals surface area (Å²) in [7, 11) is -3.29. The number of nitrogens with two attached hydrogens (primary N) is 1. The second-order valence-corrected chi connectivity index (χ2v) is 6.59. The minimum absolute atomic E-state index is 0.102. The molecule has 0 aromatic rings. The van der Waals surface area contributed by atoms with Crippen molar-refractivity contribution in [3.63, 3.8) is 0 Å². The van der Waals surface area contributed by atoms with E-state index in [-0.39, 0.29) is 12.1 Å².